The third kappa shape index (κ3) is 10.5. The molecule has 0 aliphatic carbocycles. The molecule has 2 aliphatic rings. The van der Waals surface area contributed by atoms with Crippen molar-refractivity contribution in [1.82, 2.24) is 10.6 Å². The van der Waals surface area contributed by atoms with Crippen molar-refractivity contribution in [2.24, 2.45) is 16.8 Å². The summed E-state index contributed by atoms with van der Waals surface area (Å²) in [6.45, 7) is 8.11. The van der Waals surface area contributed by atoms with Crippen molar-refractivity contribution in [3.63, 3.8) is 0 Å². The smallest absolute Gasteiger partial charge is 0.149 e. The van der Waals surface area contributed by atoms with Gasteiger partial charge in [-0.3, -0.25) is 0 Å². The molecule has 236 valence electrons. The highest BCUT2D eigenvalue weighted by atomic mass is 16.6. The van der Waals surface area contributed by atoms with Crippen LogP contribution in [0.15, 0.2) is 41.2 Å². The van der Waals surface area contributed by atoms with Crippen LogP contribution in [0.4, 0.5) is 0 Å². The van der Waals surface area contributed by atoms with Crippen LogP contribution >= 0.6 is 0 Å². The van der Waals surface area contributed by atoms with E-state index in [-0.39, 0.29) is 42.4 Å². The molecule has 0 spiro atoms. The Balaban J connectivity index is 0.000000422. The van der Waals surface area contributed by atoms with Gasteiger partial charge in [0.2, 0.25) is 0 Å². The number of carbonyl (C=O) groups excluding carboxylic acids is 2. The maximum atomic E-state index is 10.5. The van der Waals surface area contributed by atoms with Crippen LogP contribution in [0.25, 0.3) is 10.4 Å². The van der Waals surface area contributed by atoms with Gasteiger partial charge in [0, 0.05) is 39.3 Å². The Bertz CT molecular complexity index is 1020. The number of nitrogens with two attached hydrogens (primary N) is 1. The molecular formula is C28H46N6O8. The molecule has 0 bridgehead atoms. The first-order chi connectivity index (χ1) is 20.2. The summed E-state index contributed by atoms with van der Waals surface area (Å²) >= 11 is 0. The molecule has 0 aromatic heterocycles. The molecule has 2 heterocycles. The quantitative estimate of drug-likeness (QED) is 0.109. The Labute approximate surface area is 247 Å². The summed E-state index contributed by atoms with van der Waals surface area (Å²) in [6.07, 6.45) is 5.13. The number of nitrogens with one attached hydrogen (secondary N) is 2. The number of rotatable bonds is 15. The van der Waals surface area contributed by atoms with Crippen molar-refractivity contribution in [1.29, 1.82) is 0 Å². The van der Waals surface area contributed by atoms with Gasteiger partial charge < -0.3 is 44.8 Å². The maximum Gasteiger partial charge on any atom is 0.149 e. The highest BCUT2D eigenvalue weighted by Crippen LogP contribution is 2.28. The van der Waals surface area contributed by atoms with Crippen LogP contribution in [0.1, 0.15) is 34.1 Å². The number of ether oxygens (including phenoxy) is 6. The number of azide groups is 1. The fraction of sp³-hybridized carbons (Fsp3) is 0.714. The summed E-state index contributed by atoms with van der Waals surface area (Å²) in [6, 6.07) is -1.51. The van der Waals surface area contributed by atoms with Gasteiger partial charge in [0.1, 0.15) is 36.3 Å². The van der Waals surface area contributed by atoms with Crippen molar-refractivity contribution in [3.8, 4) is 0 Å². The summed E-state index contributed by atoms with van der Waals surface area (Å²) in [4.78, 5) is 23.8. The van der Waals surface area contributed by atoms with Gasteiger partial charge in [-0.15, -0.1) is 0 Å². The van der Waals surface area contributed by atoms with Gasteiger partial charge in [0.15, 0.2) is 0 Å². The zero-order valence-corrected chi connectivity index (χ0v) is 25.7. The van der Waals surface area contributed by atoms with E-state index in [1.54, 1.807) is 53.3 Å². The monoisotopic (exact) mass is 594 g/mol. The Morgan fingerprint density at radius 3 is 2.02 bits per heavy atom. The molecule has 0 aromatic carbocycles. The van der Waals surface area contributed by atoms with Gasteiger partial charge in [-0.1, -0.05) is 19.0 Å². The fourth-order valence-electron chi connectivity index (χ4n) is 5.23. The molecule has 42 heavy (non-hydrogen) atoms. The molecule has 0 radical (unpaired) electrons. The van der Waals surface area contributed by atoms with Gasteiger partial charge in [-0.05, 0) is 38.0 Å². The minimum Gasteiger partial charge on any atom is -0.490 e. The molecule has 2 rings (SSSR count). The molecule has 14 nitrogen and oxygen atoms in total. The molecule has 10 atom stereocenters. The molecule has 14 heteroatoms. The van der Waals surface area contributed by atoms with Gasteiger partial charge in [0.05, 0.1) is 60.8 Å². The van der Waals surface area contributed by atoms with E-state index in [2.05, 4.69) is 20.7 Å². The Kier molecular flexibility index (Phi) is 17.3. The van der Waals surface area contributed by atoms with Crippen LogP contribution in [-0.4, -0.2) is 102 Å². The fourth-order valence-corrected chi connectivity index (χ4v) is 5.23. The first-order valence-corrected chi connectivity index (χ1v) is 13.7. The number of nitrogens with zero attached hydrogens (tertiary/aromatic N) is 3. The van der Waals surface area contributed by atoms with Crippen LogP contribution in [0.5, 0.6) is 0 Å². The van der Waals surface area contributed by atoms with E-state index in [9.17, 15) is 9.59 Å². The molecule has 0 fully saturated rings. The molecule has 8 unspecified atom stereocenters. The van der Waals surface area contributed by atoms with E-state index in [0.29, 0.717) is 12.4 Å². The third-order valence-corrected chi connectivity index (χ3v) is 7.08. The first kappa shape index (κ1) is 36.7. The lowest BCUT2D eigenvalue weighted by molar-refractivity contribution is -0.118. The average molecular weight is 595 g/mol. The van der Waals surface area contributed by atoms with E-state index in [4.69, 9.17) is 39.7 Å². The van der Waals surface area contributed by atoms with Crippen LogP contribution < -0.4 is 16.4 Å². The molecule has 0 saturated carbocycles. The lowest BCUT2D eigenvalue weighted by atomic mass is 9.89. The largest absolute Gasteiger partial charge is 0.490 e. The summed E-state index contributed by atoms with van der Waals surface area (Å²) < 4.78 is 33.5. The number of hydrogen-bond donors (Lipinski definition) is 3. The normalized spacial score (nSPS) is 27.5. The Hall–Kier alpha value is -3.31. The predicted octanol–water partition coefficient (Wildman–Crippen LogP) is 1.93. The molecule has 2 aliphatic heterocycles. The molecule has 0 aromatic rings. The Morgan fingerprint density at radius 1 is 1.00 bits per heavy atom. The molecule has 4 N–H and O–H groups in total. The highest BCUT2D eigenvalue weighted by Gasteiger charge is 2.42. The van der Waals surface area contributed by atoms with Crippen LogP contribution in [0.3, 0.4) is 0 Å². The number of methoxy groups -OCH3 is 4. The second-order valence-electron chi connectivity index (χ2n) is 9.92. The summed E-state index contributed by atoms with van der Waals surface area (Å²) in [5, 5.41) is 9.58. The zero-order valence-electron chi connectivity index (χ0n) is 25.7. The number of hydrogen-bond acceptors (Lipinski definition) is 12. The van der Waals surface area contributed by atoms with Gasteiger partial charge >= 0.3 is 0 Å². The summed E-state index contributed by atoms with van der Waals surface area (Å²) in [5.74, 6) is 4.77. The van der Waals surface area contributed by atoms with Crippen molar-refractivity contribution in [2.45, 2.75) is 88.8 Å². The van der Waals surface area contributed by atoms with E-state index in [1.807, 2.05) is 26.8 Å². The van der Waals surface area contributed by atoms with Crippen LogP contribution in [0, 0.1) is 5.92 Å². The molecule has 0 saturated heterocycles. The van der Waals surface area contributed by atoms with Gasteiger partial charge in [0.25, 0.3) is 0 Å². The minimum absolute atomic E-state index is 0.0436. The van der Waals surface area contributed by atoms with Crippen molar-refractivity contribution in [3.05, 3.63) is 46.5 Å². The summed E-state index contributed by atoms with van der Waals surface area (Å²) in [7, 11) is 6.45. The average Bonchev–Trinajstić information content (AvgIpc) is 2.95. The number of allylic oxidation sites excluding steroid dienone is 2. The molecule has 0 amide bonds. The van der Waals surface area contributed by atoms with Crippen LogP contribution in [-0.2, 0) is 38.0 Å². The van der Waals surface area contributed by atoms with Crippen molar-refractivity contribution >= 4 is 11.9 Å². The lowest BCUT2D eigenvalue weighted by Crippen LogP contribution is -2.59. The summed E-state index contributed by atoms with van der Waals surface area (Å²) in [5.41, 5.74) is 14.9. The van der Waals surface area contributed by atoms with E-state index in [1.165, 1.54) is 6.20 Å². The standard InChI is InChI=1S/C14H22N4O4.C14H24N2O4/c1-9(8-20-3)13(21-4)14-12(16-5-6-19)11(17-18-15)7-10(2)22-14;1-5-11(18-3)13(19-4)14-12(16-6-7-17)10(15)8-9(2)20-14/h5,7,9,11-14,16H,8H2,1-4H3;6,8,10-14,16H,5,15H2,1-4H3/t9?,11?,12?,13?,14-;10?,11?,12?,13?,14-/m11/s1. The topological polar surface area (TPSA) is 188 Å². The predicted molar refractivity (Wildman–Crippen MR) is 156 cm³/mol. The SMILES string of the molecule is CCC(OC)C(OC)[C@@H]1OC(C)=CC(N)C1NC=C=O.COCC(C)C(OC)[C@@H]1OC(C)=CC(N=[N+]=[N-])C1NC=C=O. The van der Waals surface area contributed by atoms with Gasteiger partial charge in [-0.2, -0.15) is 0 Å². The Morgan fingerprint density at radius 2 is 1.55 bits per heavy atom. The second kappa shape index (κ2) is 19.7. The molecular weight excluding hydrogens is 548 g/mol. The highest BCUT2D eigenvalue weighted by molar-refractivity contribution is 5.44. The third-order valence-electron chi connectivity index (χ3n) is 7.08. The van der Waals surface area contributed by atoms with E-state index in [0.717, 1.165) is 18.4 Å². The maximum absolute atomic E-state index is 10.5. The van der Waals surface area contributed by atoms with Gasteiger partial charge in [-0.25, -0.2) is 9.59 Å². The van der Waals surface area contributed by atoms with Crippen molar-refractivity contribution < 1.29 is 38.0 Å². The second-order valence-corrected chi connectivity index (χ2v) is 9.92. The lowest BCUT2D eigenvalue weighted by Gasteiger charge is -2.40. The minimum atomic E-state index is -0.499. The van der Waals surface area contributed by atoms with E-state index < -0.39 is 18.2 Å². The zero-order chi connectivity index (χ0) is 31.7. The van der Waals surface area contributed by atoms with Crippen LogP contribution in [0.2, 0.25) is 0 Å². The van der Waals surface area contributed by atoms with E-state index >= 15 is 0 Å². The first-order valence-electron chi connectivity index (χ1n) is 13.7. The van der Waals surface area contributed by atoms with Crippen molar-refractivity contribution in [2.75, 3.05) is 35.0 Å².